The van der Waals surface area contributed by atoms with E-state index in [0.717, 1.165) is 16.3 Å². The second-order valence-electron chi connectivity index (χ2n) is 5.42. The predicted octanol–water partition coefficient (Wildman–Crippen LogP) is 5.70. The number of hydrogen-bond donors (Lipinski definition) is 1. The highest BCUT2D eigenvalue weighted by Gasteiger charge is 2.13. The first-order valence-corrected chi connectivity index (χ1v) is 9.62. The SMILES string of the molecule is CCOc1ccccc1-c1nc(CC(=O)Nc2ccc(Cl)cc2Cl)cs1. The largest absolute Gasteiger partial charge is 0.493 e. The minimum atomic E-state index is -0.191. The Balaban J connectivity index is 1.71. The summed E-state index contributed by atoms with van der Waals surface area (Å²) in [6.45, 7) is 2.52. The van der Waals surface area contributed by atoms with Crippen LogP contribution in [0.1, 0.15) is 12.6 Å². The first-order chi connectivity index (χ1) is 12.6. The maximum atomic E-state index is 12.3. The van der Waals surface area contributed by atoms with Gasteiger partial charge < -0.3 is 10.1 Å². The molecule has 7 heteroatoms. The van der Waals surface area contributed by atoms with Crippen molar-refractivity contribution in [3.8, 4) is 16.3 Å². The zero-order valence-corrected chi connectivity index (χ0v) is 16.3. The third kappa shape index (κ3) is 4.55. The number of rotatable bonds is 6. The minimum Gasteiger partial charge on any atom is -0.493 e. The molecule has 26 heavy (non-hydrogen) atoms. The first kappa shape index (κ1) is 18.7. The molecule has 0 unspecified atom stereocenters. The Bertz CT molecular complexity index is 927. The third-order valence-corrected chi connectivity index (χ3v) is 4.99. The smallest absolute Gasteiger partial charge is 0.230 e. The second kappa shape index (κ2) is 8.54. The molecule has 0 aliphatic carbocycles. The second-order valence-corrected chi connectivity index (χ2v) is 7.12. The molecule has 0 saturated heterocycles. The molecule has 1 aromatic heterocycles. The molecule has 0 spiro atoms. The predicted molar refractivity (Wildman–Crippen MR) is 108 cm³/mol. The fraction of sp³-hybridized carbons (Fsp3) is 0.158. The van der Waals surface area contributed by atoms with Crippen LogP contribution in [0.15, 0.2) is 47.8 Å². The summed E-state index contributed by atoms with van der Waals surface area (Å²) in [5.41, 5.74) is 2.14. The van der Waals surface area contributed by atoms with Crippen LogP contribution >= 0.6 is 34.5 Å². The molecular weight excluding hydrogens is 391 g/mol. The van der Waals surface area contributed by atoms with Crippen molar-refractivity contribution in [1.82, 2.24) is 4.98 Å². The van der Waals surface area contributed by atoms with E-state index >= 15 is 0 Å². The van der Waals surface area contributed by atoms with Gasteiger partial charge in [0.15, 0.2) is 0 Å². The molecule has 0 atom stereocenters. The van der Waals surface area contributed by atoms with Crippen molar-refractivity contribution in [3.05, 3.63) is 63.6 Å². The summed E-state index contributed by atoms with van der Waals surface area (Å²) in [7, 11) is 0. The molecule has 134 valence electrons. The van der Waals surface area contributed by atoms with Crippen LogP contribution in [-0.2, 0) is 11.2 Å². The molecule has 1 heterocycles. The molecule has 4 nitrogen and oxygen atoms in total. The van der Waals surface area contributed by atoms with Crippen LogP contribution in [0.5, 0.6) is 5.75 Å². The van der Waals surface area contributed by atoms with Crippen molar-refractivity contribution in [1.29, 1.82) is 0 Å². The molecule has 1 N–H and O–H groups in total. The van der Waals surface area contributed by atoms with Gasteiger partial charge in [-0.2, -0.15) is 0 Å². The van der Waals surface area contributed by atoms with E-state index < -0.39 is 0 Å². The Labute approximate surface area is 165 Å². The van der Waals surface area contributed by atoms with Gasteiger partial charge in [-0.15, -0.1) is 11.3 Å². The van der Waals surface area contributed by atoms with Gasteiger partial charge in [0, 0.05) is 10.4 Å². The van der Waals surface area contributed by atoms with Crippen molar-refractivity contribution >= 4 is 46.1 Å². The van der Waals surface area contributed by atoms with Gasteiger partial charge in [0.25, 0.3) is 0 Å². The zero-order chi connectivity index (χ0) is 18.5. The van der Waals surface area contributed by atoms with E-state index in [2.05, 4.69) is 10.3 Å². The van der Waals surface area contributed by atoms with Gasteiger partial charge in [-0.25, -0.2) is 4.98 Å². The number of aromatic nitrogens is 1. The monoisotopic (exact) mass is 406 g/mol. The Morgan fingerprint density at radius 2 is 2.04 bits per heavy atom. The molecule has 0 fully saturated rings. The number of para-hydroxylation sites is 1. The van der Waals surface area contributed by atoms with Gasteiger partial charge >= 0.3 is 0 Å². The molecule has 3 aromatic rings. The summed E-state index contributed by atoms with van der Waals surface area (Å²) in [6.07, 6.45) is 0.159. The fourth-order valence-electron chi connectivity index (χ4n) is 2.39. The average molecular weight is 407 g/mol. The normalized spacial score (nSPS) is 10.6. The van der Waals surface area contributed by atoms with Crippen molar-refractivity contribution in [3.63, 3.8) is 0 Å². The number of nitrogens with one attached hydrogen (secondary N) is 1. The number of carbonyl (C=O) groups is 1. The standard InChI is InChI=1S/C19H16Cl2N2O2S/c1-2-25-17-6-4-3-5-14(17)19-22-13(11-26-19)10-18(24)23-16-8-7-12(20)9-15(16)21/h3-9,11H,2,10H2,1H3,(H,23,24). The number of hydrogen-bond acceptors (Lipinski definition) is 4. The lowest BCUT2D eigenvalue weighted by Crippen LogP contribution is -2.14. The average Bonchev–Trinajstić information content (AvgIpc) is 3.06. The van der Waals surface area contributed by atoms with Crippen LogP contribution in [0.4, 0.5) is 5.69 Å². The quantitative estimate of drug-likeness (QED) is 0.571. The Hall–Kier alpha value is -2.08. The molecular formula is C19H16Cl2N2O2S. The number of benzene rings is 2. The lowest BCUT2D eigenvalue weighted by molar-refractivity contribution is -0.115. The minimum absolute atomic E-state index is 0.159. The van der Waals surface area contributed by atoms with Crippen LogP contribution in [0.2, 0.25) is 10.0 Å². The highest BCUT2D eigenvalue weighted by atomic mass is 35.5. The van der Waals surface area contributed by atoms with E-state index in [9.17, 15) is 4.79 Å². The summed E-state index contributed by atoms with van der Waals surface area (Å²) in [6, 6.07) is 12.7. The molecule has 3 rings (SSSR count). The van der Waals surface area contributed by atoms with Gasteiger partial charge in [0.1, 0.15) is 10.8 Å². The van der Waals surface area contributed by atoms with Gasteiger partial charge in [0.2, 0.25) is 5.91 Å². The van der Waals surface area contributed by atoms with Gasteiger partial charge in [-0.05, 0) is 37.3 Å². The summed E-state index contributed by atoms with van der Waals surface area (Å²) >= 11 is 13.4. The van der Waals surface area contributed by atoms with E-state index in [1.807, 2.05) is 36.6 Å². The van der Waals surface area contributed by atoms with Gasteiger partial charge in [0.05, 0.1) is 35.0 Å². The van der Waals surface area contributed by atoms with E-state index in [4.69, 9.17) is 27.9 Å². The summed E-state index contributed by atoms with van der Waals surface area (Å²) < 4.78 is 5.65. The molecule has 0 saturated carbocycles. The van der Waals surface area contributed by atoms with Crippen LogP contribution in [-0.4, -0.2) is 17.5 Å². The number of carbonyl (C=O) groups excluding carboxylic acids is 1. The van der Waals surface area contributed by atoms with Gasteiger partial charge in [-0.3, -0.25) is 4.79 Å². The molecule has 0 bridgehead atoms. The Kier molecular flexibility index (Phi) is 6.14. The number of halogens is 2. The highest BCUT2D eigenvalue weighted by Crippen LogP contribution is 2.32. The topological polar surface area (TPSA) is 51.2 Å². The number of nitrogens with zero attached hydrogens (tertiary/aromatic N) is 1. The maximum absolute atomic E-state index is 12.3. The number of amides is 1. The summed E-state index contributed by atoms with van der Waals surface area (Å²) in [5.74, 6) is 0.595. The van der Waals surface area contributed by atoms with E-state index in [-0.39, 0.29) is 12.3 Å². The lowest BCUT2D eigenvalue weighted by Gasteiger charge is -2.07. The lowest BCUT2D eigenvalue weighted by atomic mass is 10.2. The van der Waals surface area contributed by atoms with Crippen LogP contribution in [0.25, 0.3) is 10.6 Å². The van der Waals surface area contributed by atoms with Crippen LogP contribution in [0.3, 0.4) is 0 Å². The van der Waals surface area contributed by atoms with E-state index in [0.29, 0.717) is 28.0 Å². The molecule has 0 aliphatic heterocycles. The zero-order valence-electron chi connectivity index (χ0n) is 14.0. The van der Waals surface area contributed by atoms with Gasteiger partial charge in [-0.1, -0.05) is 35.3 Å². The number of thiazole rings is 1. The fourth-order valence-corrected chi connectivity index (χ4v) is 3.69. The summed E-state index contributed by atoms with van der Waals surface area (Å²) in [4.78, 5) is 16.8. The van der Waals surface area contributed by atoms with E-state index in [1.165, 1.54) is 11.3 Å². The van der Waals surface area contributed by atoms with Crippen molar-refractivity contribution < 1.29 is 9.53 Å². The van der Waals surface area contributed by atoms with Crippen molar-refractivity contribution in [2.45, 2.75) is 13.3 Å². The highest BCUT2D eigenvalue weighted by molar-refractivity contribution is 7.13. The maximum Gasteiger partial charge on any atom is 0.230 e. The molecule has 1 amide bonds. The van der Waals surface area contributed by atoms with Crippen LogP contribution < -0.4 is 10.1 Å². The van der Waals surface area contributed by atoms with E-state index in [1.54, 1.807) is 18.2 Å². The molecule has 0 radical (unpaired) electrons. The Morgan fingerprint density at radius 3 is 2.81 bits per heavy atom. The third-order valence-electron chi connectivity index (χ3n) is 3.52. The molecule has 2 aromatic carbocycles. The summed E-state index contributed by atoms with van der Waals surface area (Å²) in [5, 5.41) is 6.39. The Morgan fingerprint density at radius 1 is 1.23 bits per heavy atom. The van der Waals surface area contributed by atoms with Crippen molar-refractivity contribution in [2.75, 3.05) is 11.9 Å². The molecule has 0 aliphatic rings. The van der Waals surface area contributed by atoms with Crippen molar-refractivity contribution in [2.24, 2.45) is 0 Å². The number of ether oxygens (including phenoxy) is 1. The number of anilines is 1. The first-order valence-electron chi connectivity index (χ1n) is 7.98. The van der Waals surface area contributed by atoms with Crippen LogP contribution in [0, 0.1) is 0 Å².